The molecule has 1 aromatic heterocycles. The van der Waals surface area contributed by atoms with Gasteiger partial charge in [0.1, 0.15) is 5.75 Å². The maximum absolute atomic E-state index is 12.5. The molecule has 0 aliphatic heterocycles. The molecule has 0 aliphatic carbocycles. The molecule has 0 atom stereocenters. The number of ketones is 1. The van der Waals surface area contributed by atoms with E-state index in [1.54, 1.807) is 18.2 Å². The standard InChI is InChI=1S/C15H15ClO4S/c1-18-12-8-14(20-3)13(19-2)7-10(12)11(17)6-9-4-5-15(16)21-9/h4-5,7-8H,6H2,1-3H3. The van der Waals surface area contributed by atoms with Crippen molar-refractivity contribution in [3.05, 3.63) is 39.0 Å². The lowest BCUT2D eigenvalue weighted by atomic mass is 10.1. The van der Waals surface area contributed by atoms with Gasteiger partial charge in [-0.3, -0.25) is 4.79 Å². The summed E-state index contributed by atoms with van der Waals surface area (Å²) in [7, 11) is 4.57. The van der Waals surface area contributed by atoms with Crippen LogP contribution in [0.25, 0.3) is 0 Å². The highest BCUT2D eigenvalue weighted by atomic mass is 35.5. The third-order valence-corrected chi connectivity index (χ3v) is 4.20. The average molecular weight is 327 g/mol. The minimum Gasteiger partial charge on any atom is -0.496 e. The molecular formula is C15H15ClO4S. The molecule has 0 fully saturated rings. The SMILES string of the molecule is COc1cc(OC)c(C(=O)Cc2ccc(Cl)s2)cc1OC. The second kappa shape index (κ2) is 6.83. The fourth-order valence-corrected chi connectivity index (χ4v) is 3.03. The van der Waals surface area contributed by atoms with E-state index in [1.165, 1.54) is 32.7 Å². The van der Waals surface area contributed by atoms with Crippen LogP contribution in [0.1, 0.15) is 15.2 Å². The van der Waals surface area contributed by atoms with Gasteiger partial charge >= 0.3 is 0 Å². The quantitative estimate of drug-likeness (QED) is 0.756. The van der Waals surface area contributed by atoms with E-state index in [9.17, 15) is 4.79 Å². The zero-order chi connectivity index (χ0) is 15.4. The minimum atomic E-state index is -0.0636. The molecule has 0 saturated carbocycles. The topological polar surface area (TPSA) is 44.8 Å². The summed E-state index contributed by atoms with van der Waals surface area (Å²) >= 11 is 7.27. The summed E-state index contributed by atoms with van der Waals surface area (Å²) in [6, 6.07) is 6.90. The summed E-state index contributed by atoms with van der Waals surface area (Å²) in [5.41, 5.74) is 0.458. The normalized spacial score (nSPS) is 10.3. The van der Waals surface area contributed by atoms with Gasteiger partial charge in [0.25, 0.3) is 0 Å². The predicted octanol–water partition coefficient (Wildman–Crippen LogP) is 3.85. The monoisotopic (exact) mass is 326 g/mol. The molecule has 2 rings (SSSR count). The van der Waals surface area contributed by atoms with Crippen molar-refractivity contribution in [3.63, 3.8) is 0 Å². The van der Waals surface area contributed by atoms with Crippen molar-refractivity contribution >= 4 is 28.7 Å². The molecule has 0 aliphatic rings. The minimum absolute atomic E-state index is 0.0636. The molecule has 0 bridgehead atoms. The molecule has 0 saturated heterocycles. The Morgan fingerprint density at radius 2 is 1.67 bits per heavy atom. The lowest BCUT2D eigenvalue weighted by Gasteiger charge is -2.13. The van der Waals surface area contributed by atoms with E-state index in [0.29, 0.717) is 27.1 Å². The van der Waals surface area contributed by atoms with Gasteiger partial charge in [-0.25, -0.2) is 0 Å². The third kappa shape index (κ3) is 3.49. The first-order valence-electron chi connectivity index (χ1n) is 6.16. The second-order valence-corrected chi connectivity index (χ2v) is 6.01. The largest absolute Gasteiger partial charge is 0.496 e. The highest BCUT2D eigenvalue weighted by Crippen LogP contribution is 2.35. The molecule has 0 unspecified atom stereocenters. The number of carbonyl (C=O) groups excluding carboxylic acids is 1. The van der Waals surface area contributed by atoms with E-state index in [2.05, 4.69) is 0 Å². The van der Waals surface area contributed by atoms with Gasteiger partial charge < -0.3 is 14.2 Å². The van der Waals surface area contributed by atoms with E-state index < -0.39 is 0 Å². The average Bonchev–Trinajstić information content (AvgIpc) is 2.90. The maximum atomic E-state index is 12.5. The third-order valence-electron chi connectivity index (χ3n) is 2.97. The molecule has 112 valence electrons. The predicted molar refractivity (Wildman–Crippen MR) is 83.5 cm³/mol. The summed E-state index contributed by atoms with van der Waals surface area (Å²) in [5.74, 6) is 1.41. The Morgan fingerprint density at radius 3 is 2.19 bits per heavy atom. The Balaban J connectivity index is 2.34. The highest BCUT2D eigenvalue weighted by molar-refractivity contribution is 7.16. The van der Waals surface area contributed by atoms with Gasteiger partial charge in [-0.05, 0) is 18.2 Å². The van der Waals surface area contributed by atoms with Crippen LogP contribution in [0.5, 0.6) is 17.2 Å². The lowest BCUT2D eigenvalue weighted by Crippen LogP contribution is -2.06. The van der Waals surface area contributed by atoms with Crippen LogP contribution in [0, 0.1) is 0 Å². The number of rotatable bonds is 6. The fraction of sp³-hybridized carbons (Fsp3) is 0.267. The van der Waals surface area contributed by atoms with Gasteiger partial charge in [-0.15, -0.1) is 11.3 Å². The molecule has 6 heteroatoms. The molecule has 0 radical (unpaired) electrons. The van der Waals surface area contributed by atoms with Gasteiger partial charge in [-0.1, -0.05) is 11.6 Å². The molecule has 0 N–H and O–H groups in total. The molecule has 1 aromatic carbocycles. The van der Waals surface area contributed by atoms with Crippen LogP contribution < -0.4 is 14.2 Å². The van der Waals surface area contributed by atoms with Crippen LogP contribution in [0.3, 0.4) is 0 Å². The van der Waals surface area contributed by atoms with Crippen LogP contribution >= 0.6 is 22.9 Å². The van der Waals surface area contributed by atoms with Gasteiger partial charge in [0, 0.05) is 17.4 Å². The molecule has 21 heavy (non-hydrogen) atoms. The summed E-state index contributed by atoms with van der Waals surface area (Å²) in [5, 5.41) is 0. The molecular weight excluding hydrogens is 312 g/mol. The summed E-state index contributed by atoms with van der Waals surface area (Å²) in [6.07, 6.45) is 0.267. The molecule has 0 spiro atoms. The van der Waals surface area contributed by atoms with Crippen molar-refractivity contribution in [2.75, 3.05) is 21.3 Å². The van der Waals surface area contributed by atoms with Crippen molar-refractivity contribution in [1.82, 2.24) is 0 Å². The van der Waals surface area contributed by atoms with Crippen molar-refractivity contribution in [3.8, 4) is 17.2 Å². The summed E-state index contributed by atoms with van der Waals surface area (Å²) in [6.45, 7) is 0. The summed E-state index contributed by atoms with van der Waals surface area (Å²) < 4.78 is 16.4. The first-order chi connectivity index (χ1) is 10.1. The van der Waals surface area contributed by atoms with Crippen molar-refractivity contribution < 1.29 is 19.0 Å². The van der Waals surface area contributed by atoms with E-state index >= 15 is 0 Å². The number of thiophene rings is 1. The number of benzene rings is 1. The van der Waals surface area contributed by atoms with Gasteiger partial charge in [0.15, 0.2) is 17.3 Å². The van der Waals surface area contributed by atoms with Gasteiger partial charge in [-0.2, -0.15) is 0 Å². The van der Waals surface area contributed by atoms with E-state index in [1.807, 2.05) is 6.07 Å². The van der Waals surface area contributed by atoms with Gasteiger partial charge in [0.05, 0.1) is 31.2 Å². The maximum Gasteiger partial charge on any atom is 0.171 e. The first-order valence-corrected chi connectivity index (χ1v) is 7.36. The smallest absolute Gasteiger partial charge is 0.171 e. The zero-order valence-electron chi connectivity index (χ0n) is 11.9. The lowest BCUT2D eigenvalue weighted by molar-refractivity contribution is 0.0990. The molecule has 2 aromatic rings. The Morgan fingerprint density at radius 1 is 1.05 bits per heavy atom. The van der Waals surface area contributed by atoms with Crippen molar-refractivity contribution in [1.29, 1.82) is 0 Å². The van der Waals surface area contributed by atoms with Crippen LogP contribution in [0.2, 0.25) is 4.34 Å². The van der Waals surface area contributed by atoms with Crippen molar-refractivity contribution in [2.24, 2.45) is 0 Å². The number of methoxy groups -OCH3 is 3. The number of Topliss-reactive ketones (excluding diaryl/α,β-unsaturated/α-hetero) is 1. The first kappa shape index (κ1) is 15.7. The molecule has 4 nitrogen and oxygen atoms in total. The van der Waals surface area contributed by atoms with E-state index in [0.717, 1.165) is 4.88 Å². The number of hydrogen-bond donors (Lipinski definition) is 0. The van der Waals surface area contributed by atoms with Crippen LogP contribution in [0.15, 0.2) is 24.3 Å². The van der Waals surface area contributed by atoms with Crippen molar-refractivity contribution in [2.45, 2.75) is 6.42 Å². The number of halogens is 1. The van der Waals surface area contributed by atoms with Crippen LogP contribution in [0.4, 0.5) is 0 Å². The second-order valence-electron chi connectivity index (χ2n) is 4.21. The molecule has 1 heterocycles. The number of ether oxygens (including phenoxy) is 3. The number of carbonyl (C=O) groups is 1. The Kier molecular flexibility index (Phi) is 5.09. The van der Waals surface area contributed by atoms with Crippen LogP contribution in [-0.4, -0.2) is 27.1 Å². The molecule has 0 amide bonds. The Hall–Kier alpha value is -1.72. The Bertz CT molecular complexity index is 651. The Labute approximate surface area is 132 Å². The summed E-state index contributed by atoms with van der Waals surface area (Å²) in [4.78, 5) is 13.4. The van der Waals surface area contributed by atoms with E-state index in [4.69, 9.17) is 25.8 Å². The fourth-order valence-electron chi connectivity index (χ4n) is 1.95. The van der Waals surface area contributed by atoms with Crippen LogP contribution in [-0.2, 0) is 6.42 Å². The number of hydrogen-bond acceptors (Lipinski definition) is 5. The van der Waals surface area contributed by atoms with E-state index in [-0.39, 0.29) is 12.2 Å². The zero-order valence-corrected chi connectivity index (χ0v) is 13.5. The van der Waals surface area contributed by atoms with Gasteiger partial charge in [0.2, 0.25) is 0 Å². The highest BCUT2D eigenvalue weighted by Gasteiger charge is 2.18.